The molecule has 0 aliphatic heterocycles. The summed E-state index contributed by atoms with van der Waals surface area (Å²) in [7, 11) is 3.58. The molecular formula is C28H34I6N2O12. The minimum absolute atomic E-state index is 0.00894. The second-order valence-electron chi connectivity index (χ2n) is 8.66. The predicted molar refractivity (Wildman–Crippen MR) is 230 cm³/mol. The Morgan fingerprint density at radius 2 is 0.792 bits per heavy atom. The van der Waals surface area contributed by atoms with Crippen LogP contribution in [0.25, 0.3) is 0 Å². The summed E-state index contributed by atoms with van der Waals surface area (Å²) in [6, 6.07) is 3.72. The van der Waals surface area contributed by atoms with Crippen molar-refractivity contribution in [3.63, 3.8) is 0 Å². The molecule has 0 amide bonds. The maximum atomic E-state index is 11.0. The van der Waals surface area contributed by atoms with Gasteiger partial charge >= 0.3 is 23.9 Å². The number of benzene rings is 2. The molecule has 270 valence electrons. The number of aliphatic carboxylic acids is 2. The van der Waals surface area contributed by atoms with Crippen molar-refractivity contribution < 1.29 is 58.6 Å². The summed E-state index contributed by atoms with van der Waals surface area (Å²) in [6.45, 7) is 2.67. The highest BCUT2D eigenvalue weighted by Crippen LogP contribution is 2.32. The highest BCUT2D eigenvalue weighted by atomic mass is 127. The van der Waals surface area contributed by atoms with Gasteiger partial charge in [0, 0.05) is 28.4 Å². The number of anilines is 2. The monoisotopic (exact) mass is 1350 g/mol. The van der Waals surface area contributed by atoms with Crippen molar-refractivity contribution in [3.05, 3.63) is 44.7 Å². The maximum Gasteiger partial charge on any atom is 0.337 e. The summed E-state index contributed by atoms with van der Waals surface area (Å²) in [4.78, 5) is 42.3. The normalized spacial score (nSPS) is 10.2. The second-order valence-corrected chi connectivity index (χ2v) is 15.5. The van der Waals surface area contributed by atoms with E-state index in [1.807, 2.05) is 57.3 Å². The third kappa shape index (κ3) is 19.7. The number of rotatable bonds is 19. The van der Waals surface area contributed by atoms with Gasteiger partial charge in [-0.05, 0) is 148 Å². The van der Waals surface area contributed by atoms with E-state index < -0.39 is 23.9 Å². The predicted octanol–water partition coefficient (Wildman–Crippen LogP) is 6.48. The number of ether oxygens (including phenoxy) is 4. The Morgan fingerprint density at radius 3 is 1.02 bits per heavy atom. The van der Waals surface area contributed by atoms with Gasteiger partial charge in [-0.25, -0.2) is 9.59 Å². The first-order chi connectivity index (χ1) is 22.6. The van der Waals surface area contributed by atoms with Crippen LogP contribution in [0, 0.1) is 21.4 Å². The molecule has 0 aliphatic rings. The SMILES string of the molecule is CNc1c(I)cc(I)c(C(=O)O)c1I.CNc1c(I)cc(I)c(C(=O)O)c1I.O=C(O)CCOCCOCCOCCOCCC(=O)O. The van der Waals surface area contributed by atoms with Crippen LogP contribution in [0.4, 0.5) is 11.4 Å². The molecule has 0 radical (unpaired) electrons. The number of hydrogen-bond donors (Lipinski definition) is 6. The van der Waals surface area contributed by atoms with Crippen molar-refractivity contribution in [2.75, 3.05) is 77.6 Å². The molecule has 14 nitrogen and oxygen atoms in total. The van der Waals surface area contributed by atoms with E-state index in [4.69, 9.17) is 39.4 Å². The van der Waals surface area contributed by atoms with E-state index >= 15 is 0 Å². The summed E-state index contributed by atoms with van der Waals surface area (Å²) in [5, 5.41) is 40.7. The van der Waals surface area contributed by atoms with Crippen molar-refractivity contribution >= 4 is 171 Å². The largest absolute Gasteiger partial charge is 0.481 e. The van der Waals surface area contributed by atoms with Gasteiger partial charge in [0.05, 0.1) is 95.3 Å². The van der Waals surface area contributed by atoms with Gasteiger partial charge in [0.1, 0.15) is 0 Å². The lowest BCUT2D eigenvalue weighted by molar-refractivity contribution is -0.139. The van der Waals surface area contributed by atoms with Crippen LogP contribution in [0.1, 0.15) is 33.6 Å². The van der Waals surface area contributed by atoms with Crippen LogP contribution in [-0.2, 0) is 28.5 Å². The Morgan fingerprint density at radius 1 is 0.521 bits per heavy atom. The third-order valence-corrected chi connectivity index (χ3v) is 10.9. The number of carboxylic acid groups (broad SMARTS) is 4. The molecule has 2 aromatic carbocycles. The minimum Gasteiger partial charge on any atom is -0.481 e. The van der Waals surface area contributed by atoms with Gasteiger partial charge in [0.25, 0.3) is 0 Å². The van der Waals surface area contributed by atoms with E-state index in [0.717, 1.165) is 32.8 Å². The van der Waals surface area contributed by atoms with Crippen LogP contribution in [0.2, 0.25) is 0 Å². The average molecular weight is 1350 g/mol. The molecule has 2 aromatic rings. The van der Waals surface area contributed by atoms with E-state index in [9.17, 15) is 19.2 Å². The number of carboxylic acids is 4. The Labute approximate surface area is 359 Å². The van der Waals surface area contributed by atoms with Crippen LogP contribution in [0.3, 0.4) is 0 Å². The summed E-state index contributed by atoms with van der Waals surface area (Å²) < 4.78 is 25.5. The molecule has 0 heterocycles. The first-order valence-electron chi connectivity index (χ1n) is 13.5. The summed E-state index contributed by atoms with van der Waals surface area (Å²) in [5.41, 5.74) is 2.50. The molecule has 2 rings (SSSR count). The number of nitrogens with one attached hydrogen (secondary N) is 2. The number of aromatic carboxylic acids is 2. The number of halogens is 6. The summed E-state index contributed by atoms with van der Waals surface area (Å²) in [5.74, 6) is -3.53. The van der Waals surface area contributed by atoms with Crippen LogP contribution in [0.5, 0.6) is 0 Å². The van der Waals surface area contributed by atoms with Crippen LogP contribution in [-0.4, -0.2) is 111 Å². The second kappa shape index (κ2) is 27.7. The molecule has 0 aliphatic carbocycles. The molecule has 0 bridgehead atoms. The van der Waals surface area contributed by atoms with Crippen molar-refractivity contribution in [3.8, 4) is 0 Å². The molecule has 0 saturated carbocycles. The zero-order valence-electron chi connectivity index (χ0n) is 25.5. The van der Waals surface area contributed by atoms with E-state index in [1.165, 1.54) is 0 Å². The fourth-order valence-corrected chi connectivity index (χ4v) is 11.9. The summed E-state index contributed by atoms with van der Waals surface area (Å²) >= 11 is 12.6. The van der Waals surface area contributed by atoms with E-state index in [0.29, 0.717) is 50.8 Å². The lowest BCUT2D eigenvalue weighted by Gasteiger charge is -2.11. The van der Waals surface area contributed by atoms with Crippen molar-refractivity contribution in [2.45, 2.75) is 12.8 Å². The fourth-order valence-electron chi connectivity index (χ4n) is 3.11. The topological polar surface area (TPSA) is 210 Å². The van der Waals surface area contributed by atoms with Crippen LogP contribution in [0.15, 0.2) is 12.1 Å². The standard InChI is InChI=1S/C12H22O8.2C8H6I3NO2/c13-11(14)1-3-17-5-7-19-9-10-20-8-6-18-4-2-12(15)16;2*1-12-7-4(10)2-3(9)5(6(7)11)8(13)14/h1-10H2,(H,13,14)(H,15,16);2*2,12H,1H3,(H,13,14). The fraction of sp³-hybridized carbons (Fsp3) is 0.429. The first-order valence-corrected chi connectivity index (χ1v) is 20.0. The Hall–Kier alpha value is 0.140. The molecule has 0 atom stereocenters. The zero-order valence-corrected chi connectivity index (χ0v) is 38.5. The Kier molecular flexibility index (Phi) is 27.8. The lowest BCUT2D eigenvalue weighted by atomic mass is 10.2. The van der Waals surface area contributed by atoms with E-state index in [-0.39, 0.29) is 26.1 Å². The number of hydrogen-bond acceptors (Lipinski definition) is 10. The molecule has 0 spiro atoms. The van der Waals surface area contributed by atoms with Crippen LogP contribution < -0.4 is 10.6 Å². The van der Waals surface area contributed by atoms with Gasteiger partial charge in [-0.3, -0.25) is 9.59 Å². The summed E-state index contributed by atoms with van der Waals surface area (Å²) in [6.07, 6.45) is -0.0179. The molecule has 0 saturated heterocycles. The molecule has 6 N–H and O–H groups in total. The van der Waals surface area contributed by atoms with Gasteiger partial charge in [0.15, 0.2) is 0 Å². The van der Waals surface area contributed by atoms with Gasteiger partial charge in [-0.2, -0.15) is 0 Å². The van der Waals surface area contributed by atoms with Gasteiger partial charge < -0.3 is 50.0 Å². The van der Waals surface area contributed by atoms with Crippen molar-refractivity contribution in [1.29, 1.82) is 0 Å². The molecule has 20 heteroatoms. The Balaban J connectivity index is 0.000000706. The Bertz CT molecular complexity index is 1270. The minimum atomic E-state index is -0.884. The lowest BCUT2D eigenvalue weighted by Crippen LogP contribution is -2.13. The zero-order chi connectivity index (χ0) is 36.8. The van der Waals surface area contributed by atoms with E-state index in [2.05, 4.69) is 101 Å². The van der Waals surface area contributed by atoms with Crippen LogP contribution >= 0.6 is 136 Å². The molecular weight excluding hydrogens is 1320 g/mol. The molecule has 0 unspecified atom stereocenters. The quantitative estimate of drug-likeness (QED) is 0.0657. The van der Waals surface area contributed by atoms with Crippen molar-refractivity contribution in [1.82, 2.24) is 0 Å². The average Bonchev–Trinajstić information content (AvgIpc) is 2.97. The third-order valence-electron chi connectivity index (χ3n) is 5.30. The smallest absolute Gasteiger partial charge is 0.337 e. The first kappa shape index (κ1) is 48.1. The highest BCUT2D eigenvalue weighted by molar-refractivity contribution is 14.1. The highest BCUT2D eigenvalue weighted by Gasteiger charge is 2.19. The van der Waals surface area contributed by atoms with Gasteiger partial charge in [0.2, 0.25) is 0 Å². The molecule has 0 aromatic heterocycles. The molecule has 48 heavy (non-hydrogen) atoms. The number of carbonyl (C=O) groups is 4. The van der Waals surface area contributed by atoms with Gasteiger partial charge in [-0.15, -0.1) is 0 Å². The van der Waals surface area contributed by atoms with Crippen molar-refractivity contribution in [2.24, 2.45) is 0 Å². The maximum absolute atomic E-state index is 11.0. The van der Waals surface area contributed by atoms with E-state index in [1.54, 1.807) is 14.1 Å². The molecule has 0 fully saturated rings. The van der Waals surface area contributed by atoms with Gasteiger partial charge in [-0.1, -0.05) is 0 Å².